The lowest BCUT2D eigenvalue weighted by Gasteiger charge is -2.08. The number of nitrogens with zero attached hydrogens (tertiary/aromatic N) is 2. The SMILES string of the molecule is c1ccc(NCCCNc2ncnc3ccsc23)cc1. The number of fused-ring (bicyclic) bond motifs is 1. The molecule has 0 saturated carbocycles. The summed E-state index contributed by atoms with van der Waals surface area (Å²) in [5, 5.41) is 8.82. The lowest BCUT2D eigenvalue weighted by molar-refractivity contribution is 0.905. The molecule has 5 heteroatoms. The molecule has 0 saturated heterocycles. The molecule has 2 aromatic heterocycles. The predicted octanol–water partition coefficient (Wildman–Crippen LogP) is 3.61. The van der Waals surface area contributed by atoms with E-state index in [0.717, 1.165) is 41.2 Å². The molecule has 3 rings (SSSR count). The minimum atomic E-state index is 0.893. The van der Waals surface area contributed by atoms with Crippen LogP contribution in [-0.2, 0) is 0 Å². The number of hydrogen-bond acceptors (Lipinski definition) is 5. The van der Waals surface area contributed by atoms with E-state index >= 15 is 0 Å². The van der Waals surface area contributed by atoms with Crippen molar-refractivity contribution in [3.8, 4) is 0 Å². The average Bonchev–Trinajstić information content (AvgIpc) is 2.97. The van der Waals surface area contributed by atoms with E-state index < -0.39 is 0 Å². The molecule has 2 heterocycles. The van der Waals surface area contributed by atoms with E-state index in [9.17, 15) is 0 Å². The van der Waals surface area contributed by atoms with Gasteiger partial charge in [0, 0.05) is 18.8 Å². The van der Waals surface area contributed by atoms with Crippen molar-refractivity contribution in [2.75, 3.05) is 23.7 Å². The summed E-state index contributed by atoms with van der Waals surface area (Å²) < 4.78 is 1.13. The van der Waals surface area contributed by atoms with Gasteiger partial charge in [0.25, 0.3) is 0 Å². The van der Waals surface area contributed by atoms with Gasteiger partial charge in [0.1, 0.15) is 12.1 Å². The Morgan fingerprint density at radius 1 is 0.950 bits per heavy atom. The smallest absolute Gasteiger partial charge is 0.147 e. The molecule has 0 amide bonds. The first-order valence-corrected chi connectivity index (χ1v) is 7.52. The Morgan fingerprint density at radius 2 is 1.80 bits per heavy atom. The van der Waals surface area contributed by atoms with Gasteiger partial charge in [-0.1, -0.05) is 18.2 Å². The van der Waals surface area contributed by atoms with Crippen molar-refractivity contribution in [3.05, 3.63) is 48.1 Å². The molecular weight excluding hydrogens is 268 g/mol. The van der Waals surface area contributed by atoms with Gasteiger partial charge in [0.05, 0.1) is 10.2 Å². The number of nitrogens with one attached hydrogen (secondary N) is 2. The summed E-state index contributed by atoms with van der Waals surface area (Å²) in [5.41, 5.74) is 2.17. The second-order valence-corrected chi connectivity index (χ2v) is 5.35. The maximum atomic E-state index is 4.30. The summed E-state index contributed by atoms with van der Waals surface area (Å²) in [6.07, 6.45) is 2.64. The first-order chi connectivity index (χ1) is 9.93. The minimum Gasteiger partial charge on any atom is -0.385 e. The Balaban J connectivity index is 1.47. The third-order valence-electron chi connectivity index (χ3n) is 2.99. The van der Waals surface area contributed by atoms with E-state index in [1.807, 2.05) is 29.6 Å². The van der Waals surface area contributed by atoms with E-state index in [4.69, 9.17) is 0 Å². The van der Waals surface area contributed by atoms with E-state index in [0.29, 0.717) is 0 Å². The number of aromatic nitrogens is 2. The van der Waals surface area contributed by atoms with Gasteiger partial charge in [-0.2, -0.15) is 0 Å². The highest BCUT2D eigenvalue weighted by Gasteiger charge is 2.03. The highest BCUT2D eigenvalue weighted by molar-refractivity contribution is 7.17. The van der Waals surface area contributed by atoms with Crippen molar-refractivity contribution in [2.24, 2.45) is 0 Å². The Kier molecular flexibility index (Phi) is 4.08. The van der Waals surface area contributed by atoms with Crippen LogP contribution in [0.4, 0.5) is 11.5 Å². The molecule has 0 unspecified atom stereocenters. The zero-order valence-electron chi connectivity index (χ0n) is 11.0. The van der Waals surface area contributed by atoms with Gasteiger partial charge in [0.2, 0.25) is 0 Å². The summed E-state index contributed by atoms with van der Waals surface area (Å²) in [6.45, 7) is 1.83. The van der Waals surface area contributed by atoms with Crippen molar-refractivity contribution in [2.45, 2.75) is 6.42 Å². The molecule has 0 aliphatic rings. The van der Waals surface area contributed by atoms with Gasteiger partial charge in [0.15, 0.2) is 0 Å². The average molecular weight is 284 g/mol. The molecule has 0 bridgehead atoms. The van der Waals surface area contributed by atoms with Gasteiger partial charge in [-0.05, 0) is 30.0 Å². The van der Waals surface area contributed by atoms with Crippen molar-refractivity contribution in [3.63, 3.8) is 0 Å². The molecule has 0 fully saturated rings. The number of hydrogen-bond donors (Lipinski definition) is 2. The predicted molar refractivity (Wildman–Crippen MR) is 85.5 cm³/mol. The number of thiophene rings is 1. The summed E-state index contributed by atoms with van der Waals surface area (Å²) in [7, 11) is 0. The van der Waals surface area contributed by atoms with E-state index in [1.54, 1.807) is 17.7 Å². The Morgan fingerprint density at radius 3 is 2.70 bits per heavy atom. The highest BCUT2D eigenvalue weighted by Crippen LogP contribution is 2.24. The molecule has 0 aliphatic heterocycles. The standard InChI is InChI=1S/C15H16N4S/c1-2-5-12(6-3-1)16-8-4-9-17-15-14-13(7-10-20-14)18-11-19-15/h1-3,5-7,10-11,16H,4,8-9H2,(H,17,18,19). The zero-order valence-corrected chi connectivity index (χ0v) is 11.9. The maximum absolute atomic E-state index is 4.30. The molecule has 4 nitrogen and oxygen atoms in total. The first kappa shape index (κ1) is 12.9. The first-order valence-electron chi connectivity index (χ1n) is 6.64. The number of benzene rings is 1. The van der Waals surface area contributed by atoms with Crippen molar-refractivity contribution in [1.29, 1.82) is 0 Å². The topological polar surface area (TPSA) is 49.8 Å². The molecule has 0 atom stereocenters. The Labute approximate surface area is 121 Å². The Bertz CT molecular complexity index is 666. The number of para-hydroxylation sites is 1. The molecule has 0 aliphatic carbocycles. The molecule has 1 aromatic carbocycles. The van der Waals surface area contributed by atoms with Crippen molar-refractivity contribution >= 4 is 33.1 Å². The highest BCUT2D eigenvalue weighted by atomic mass is 32.1. The fraction of sp³-hybridized carbons (Fsp3) is 0.200. The number of anilines is 2. The van der Waals surface area contributed by atoms with E-state index in [-0.39, 0.29) is 0 Å². The Hall–Kier alpha value is -2.14. The van der Waals surface area contributed by atoms with Crippen LogP contribution < -0.4 is 10.6 Å². The summed E-state index contributed by atoms with van der Waals surface area (Å²) in [5.74, 6) is 0.935. The number of rotatable bonds is 6. The van der Waals surface area contributed by atoms with Crippen LogP contribution in [-0.4, -0.2) is 23.1 Å². The molecular formula is C15H16N4S. The molecule has 102 valence electrons. The van der Waals surface area contributed by atoms with Gasteiger partial charge in [-0.15, -0.1) is 11.3 Å². The maximum Gasteiger partial charge on any atom is 0.147 e. The quantitative estimate of drug-likeness (QED) is 0.679. The molecule has 20 heavy (non-hydrogen) atoms. The van der Waals surface area contributed by atoms with Crippen molar-refractivity contribution in [1.82, 2.24) is 9.97 Å². The van der Waals surface area contributed by atoms with Gasteiger partial charge in [-0.25, -0.2) is 9.97 Å². The van der Waals surface area contributed by atoms with Crippen LogP contribution in [0.5, 0.6) is 0 Å². The summed E-state index contributed by atoms with van der Waals surface area (Å²) in [4.78, 5) is 8.54. The normalized spacial score (nSPS) is 10.6. The van der Waals surface area contributed by atoms with E-state index in [2.05, 4.69) is 32.7 Å². The van der Waals surface area contributed by atoms with Gasteiger partial charge in [-0.3, -0.25) is 0 Å². The zero-order chi connectivity index (χ0) is 13.6. The van der Waals surface area contributed by atoms with Crippen molar-refractivity contribution < 1.29 is 0 Å². The van der Waals surface area contributed by atoms with Crippen LogP contribution in [0.2, 0.25) is 0 Å². The monoisotopic (exact) mass is 284 g/mol. The van der Waals surface area contributed by atoms with Crippen LogP contribution in [0.15, 0.2) is 48.1 Å². The van der Waals surface area contributed by atoms with E-state index in [1.165, 1.54) is 0 Å². The lowest BCUT2D eigenvalue weighted by Crippen LogP contribution is -2.09. The third kappa shape index (κ3) is 3.05. The molecule has 3 aromatic rings. The molecule has 0 spiro atoms. The lowest BCUT2D eigenvalue weighted by atomic mass is 10.3. The fourth-order valence-corrected chi connectivity index (χ4v) is 2.81. The van der Waals surface area contributed by atoms with Crippen LogP contribution >= 0.6 is 11.3 Å². The van der Waals surface area contributed by atoms with Crippen LogP contribution in [0.1, 0.15) is 6.42 Å². The van der Waals surface area contributed by atoms with Gasteiger partial charge < -0.3 is 10.6 Å². The summed E-state index contributed by atoms with van der Waals surface area (Å²) >= 11 is 1.67. The second-order valence-electron chi connectivity index (χ2n) is 4.43. The minimum absolute atomic E-state index is 0.893. The third-order valence-corrected chi connectivity index (χ3v) is 3.90. The molecule has 2 N–H and O–H groups in total. The van der Waals surface area contributed by atoms with Crippen LogP contribution in [0.25, 0.3) is 10.2 Å². The second kappa shape index (κ2) is 6.34. The fourth-order valence-electron chi connectivity index (χ4n) is 2.00. The summed E-state index contributed by atoms with van der Waals surface area (Å²) in [6, 6.07) is 12.3. The van der Waals surface area contributed by atoms with Crippen LogP contribution in [0, 0.1) is 0 Å². The molecule has 0 radical (unpaired) electrons. The van der Waals surface area contributed by atoms with Crippen LogP contribution in [0.3, 0.4) is 0 Å². The van der Waals surface area contributed by atoms with Gasteiger partial charge >= 0.3 is 0 Å². The largest absolute Gasteiger partial charge is 0.385 e.